The summed E-state index contributed by atoms with van der Waals surface area (Å²) in [4.78, 5) is 16.9. The summed E-state index contributed by atoms with van der Waals surface area (Å²) in [6.07, 6.45) is 0. The van der Waals surface area contributed by atoms with Crippen LogP contribution in [0.2, 0.25) is 0 Å². The first-order valence-corrected chi connectivity index (χ1v) is 11.9. The van der Waals surface area contributed by atoms with Gasteiger partial charge in [-0.25, -0.2) is 4.79 Å². The van der Waals surface area contributed by atoms with E-state index in [4.69, 9.17) is 4.42 Å². The van der Waals surface area contributed by atoms with Crippen LogP contribution in [0.4, 0.5) is 5.69 Å². The number of carboxylic acid groups (broad SMARTS) is 1. The maximum Gasteiger partial charge on any atom is 0.336 e. The zero-order valence-corrected chi connectivity index (χ0v) is 20.4. The van der Waals surface area contributed by atoms with E-state index in [2.05, 4.69) is 36.3 Å². The first-order valence-electron chi connectivity index (χ1n) is 11.9. The van der Waals surface area contributed by atoms with E-state index in [0.717, 1.165) is 72.9 Å². The Kier molecular flexibility index (Phi) is 5.77. The molecule has 5 heteroatoms. The van der Waals surface area contributed by atoms with E-state index in [1.165, 1.54) is 0 Å². The number of carboxylic acids is 1. The Balaban J connectivity index is 2.01. The summed E-state index contributed by atoms with van der Waals surface area (Å²) < 4.78 is 6.47. The zero-order chi connectivity index (χ0) is 24.7. The number of anilines is 1. The topological polar surface area (TPSA) is 74.8 Å². The van der Waals surface area contributed by atoms with Crippen molar-refractivity contribution in [2.75, 3.05) is 18.4 Å². The smallest absolute Gasteiger partial charge is 0.336 e. The molecule has 1 heterocycles. The first-order chi connectivity index (χ1) is 16.9. The van der Waals surface area contributed by atoms with E-state index in [1.54, 1.807) is 12.1 Å². The Morgan fingerprint density at radius 3 is 2.46 bits per heavy atom. The molecule has 5 rings (SSSR count). The van der Waals surface area contributed by atoms with E-state index in [9.17, 15) is 9.90 Å². The summed E-state index contributed by atoms with van der Waals surface area (Å²) in [6.45, 7) is 9.69. The lowest BCUT2D eigenvalue weighted by Crippen LogP contribution is -2.09. The molecule has 2 N–H and O–H groups in total. The maximum atomic E-state index is 12.2. The van der Waals surface area contributed by atoms with Crippen LogP contribution in [-0.4, -0.2) is 24.2 Å². The molecule has 0 saturated carbocycles. The van der Waals surface area contributed by atoms with Crippen molar-refractivity contribution in [1.82, 2.24) is 0 Å². The molecule has 1 aliphatic heterocycles. The van der Waals surface area contributed by atoms with Gasteiger partial charge in [0.2, 0.25) is 0 Å². The van der Waals surface area contributed by atoms with Crippen LogP contribution in [0.5, 0.6) is 0 Å². The number of benzene rings is 4. The molecular formula is C30H28N2O3. The van der Waals surface area contributed by atoms with E-state index >= 15 is 0 Å². The fraction of sp³-hybridized carbons (Fsp3) is 0.200. The summed E-state index contributed by atoms with van der Waals surface area (Å²) in [7, 11) is 0. The number of rotatable bonds is 5. The number of aryl methyl sites for hydroxylation is 2. The maximum absolute atomic E-state index is 12.2. The Hall–Kier alpha value is -4.12. The van der Waals surface area contributed by atoms with Crippen LogP contribution in [-0.2, 0) is 0 Å². The van der Waals surface area contributed by atoms with Crippen LogP contribution < -0.4 is 10.7 Å². The Morgan fingerprint density at radius 2 is 1.74 bits per heavy atom. The quantitative estimate of drug-likeness (QED) is 0.274. The third-order valence-electron chi connectivity index (χ3n) is 6.48. The van der Waals surface area contributed by atoms with Gasteiger partial charge in [0.1, 0.15) is 11.3 Å². The van der Waals surface area contributed by atoms with Crippen molar-refractivity contribution in [3.05, 3.63) is 82.7 Å². The van der Waals surface area contributed by atoms with Crippen molar-refractivity contribution in [3.8, 4) is 22.5 Å². The average molecular weight is 465 g/mol. The molecule has 0 unspecified atom stereocenters. The fourth-order valence-electron chi connectivity index (χ4n) is 4.93. The van der Waals surface area contributed by atoms with Gasteiger partial charge in [-0.1, -0.05) is 30.3 Å². The molecule has 0 aromatic heterocycles. The normalized spacial score (nSPS) is 12.1. The molecule has 5 nitrogen and oxygen atoms in total. The number of hydrogen-bond acceptors (Lipinski definition) is 4. The van der Waals surface area contributed by atoms with Crippen LogP contribution >= 0.6 is 0 Å². The van der Waals surface area contributed by atoms with E-state index < -0.39 is 5.97 Å². The van der Waals surface area contributed by atoms with E-state index in [1.807, 2.05) is 50.2 Å². The van der Waals surface area contributed by atoms with Crippen molar-refractivity contribution in [2.45, 2.75) is 27.7 Å². The lowest BCUT2D eigenvalue weighted by Gasteiger charge is -2.20. The molecule has 0 bridgehead atoms. The highest BCUT2D eigenvalue weighted by Gasteiger charge is 2.22. The van der Waals surface area contributed by atoms with Crippen LogP contribution in [0, 0.1) is 13.8 Å². The molecule has 0 radical (unpaired) electrons. The van der Waals surface area contributed by atoms with Crippen LogP contribution in [0.3, 0.4) is 0 Å². The molecule has 0 atom stereocenters. The summed E-state index contributed by atoms with van der Waals surface area (Å²) >= 11 is 0. The molecule has 0 saturated heterocycles. The van der Waals surface area contributed by atoms with Gasteiger partial charge >= 0.3 is 5.97 Å². The highest BCUT2D eigenvalue weighted by atomic mass is 16.4. The molecule has 3 aromatic carbocycles. The zero-order valence-electron chi connectivity index (χ0n) is 20.4. The van der Waals surface area contributed by atoms with Gasteiger partial charge in [0.25, 0.3) is 0 Å². The number of nitrogens with zero attached hydrogens (tertiary/aromatic N) is 1. The number of hydrogen-bond donors (Lipinski definition) is 2. The van der Waals surface area contributed by atoms with Crippen molar-refractivity contribution in [2.24, 2.45) is 4.99 Å². The molecule has 0 amide bonds. The Labute approximate surface area is 204 Å². The lowest BCUT2D eigenvalue weighted by molar-refractivity contribution is 0.0699. The molecule has 0 spiro atoms. The molecule has 2 aliphatic rings. The van der Waals surface area contributed by atoms with Crippen LogP contribution in [0.1, 0.15) is 35.3 Å². The van der Waals surface area contributed by atoms with Crippen LogP contribution in [0.15, 0.2) is 70.1 Å². The second-order valence-corrected chi connectivity index (χ2v) is 8.79. The minimum Gasteiger partial charge on any atom is -0.478 e. The molecule has 176 valence electrons. The largest absolute Gasteiger partial charge is 0.478 e. The predicted molar refractivity (Wildman–Crippen MR) is 142 cm³/mol. The molecule has 3 aromatic rings. The standard InChI is InChI=1S/C30H28N2O3/c1-5-31-24-15-26-22(13-17(24)3)29(23-14-18(4)25(32-6-2)16-27(23)35-26)20-11-7-9-19-10-8-12-21(28(19)20)30(33)34/h7-16,31H,5-6H2,1-4H3,(H,33,34). The van der Waals surface area contributed by atoms with Crippen molar-refractivity contribution < 1.29 is 14.3 Å². The minimum absolute atomic E-state index is 0.288. The van der Waals surface area contributed by atoms with Gasteiger partial charge in [-0.15, -0.1) is 0 Å². The Bertz CT molecular complexity index is 1640. The summed E-state index contributed by atoms with van der Waals surface area (Å²) in [5.41, 5.74) is 6.98. The number of carbonyl (C=O) groups is 1. The lowest BCUT2D eigenvalue weighted by atomic mass is 9.87. The molecule has 35 heavy (non-hydrogen) atoms. The van der Waals surface area contributed by atoms with E-state index in [0.29, 0.717) is 6.54 Å². The average Bonchev–Trinajstić information content (AvgIpc) is 2.84. The van der Waals surface area contributed by atoms with Gasteiger partial charge in [-0.2, -0.15) is 0 Å². The Morgan fingerprint density at radius 1 is 0.971 bits per heavy atom. The van der Waals surface area contributed by atoms with Gasteiger partial charge < -0.3 is 14.8 Å². The van der Waals surface area contributed by atoms with Gasteiger partial charge in [0, 0.05) is 52.8 Å². The summed E-state index contributed by atoms with van der Waals surface area (Å²) in [5.74, 6) is -0.218. The number of aromatic carboxylic acids is 1. The number of nitrogens with one attached hydrogen (secondary N) is 1. The van der Waals surface area contributed by atoms with Crippen LogP contribution in [0.25, 0.3) is 44.2 Å². The summed E-state index contributed by atoms with van der Waals surface area (Å²) in [5, 5.41) is 16.9. The third-order valence-corrected chi connectivity index (χ3v) is 6.48. The third kappa shape index (κ3) is 3.83. The molecular weight excluding hydrogens is 436 g/mol. The minimum atomic E-state index is -0.942. The first kappa shape index (κ1) is 22.7. The SMILES string of the molecule is CCN=c1cc2oc3cc(NCC)c(C)cc3c(-c3cccc4cccc(C(=O)O)c34)c-2cc1C. The van der Waals surface area contributed by atoms with Gasteiger partial charge in [-0.3, -0.25) is 4.99 Å². The molecule has 1 aliphatic carbocycles. The highest BCUT2D eigenvalue weighted by Crippen LogP contribution is 2.44. The van der Waals surface area contributed by atoms with Crippen molar-refractivity contribution >= 4 is 33.4 Å². The molecule has 0 fully saturated rings. The highest BCUT2D eigenvalue weighted by molar-refractivity contribution is 6.15. The summed E-state index contributed by atoms with van der Waals surface area (Å²) in [6, 6.07) is 19.7. The van der Waals surface area contributed by atoms with Gasteiger partial charge in [0.05, 0.1) is 10.9 Å². The van der Waals surface area contributed by atoms with Crippen molar-refractivity contribution in [1.29, 1.82) is 0 Å². The fourth-order valence-corrected chi connectivity index (χ4v) is 4.93. The number of fused-ring (bicyclic) bond motifs is 3. The van der Waals surface area contributed by atoms with Gasteiger partial charge in [0.15, 0.2) is 0 Å². The second kappa shape index (κ2) is 8.91. The predicted octanol–water partition coefficient (Wildman–Crippen LogP) is 7.03. The monoisotopic (exact) mass is 464 g/mol. The van der Waals surface area contributed by atoms with Gasteiger partial charge in [-0.05, 0) is 68.0 Å². The van der Waals surface area contributed by atoms with E-state index in [-0.39, 0.29) is 5.56 Å². The van der Waals surface area contributed by atoms with Crippen molar-refractivity contribution in [3.63, 3.8) is 0 Å². The second-order valence-electron chi connectivity index (χ2n) is 8.79.